The molecule has 5 heteroatoms. The quantitative estimate of drug-likeness (QED) is 0.705. The van der Waals surface area contributed by atoms with Crippen molar-refractivity contribution in [3.05, 3.63) is 24.0 Å². The monoisotopic (exact) mass is 268 g/mol. The van der Waals surface area contributed by atoms with Crippen LogP contribution in [0.5, 0.6) is 5.75 Å². The molecule has 2 N–H and O–H groups in total. The van der Waals surface area contributed by atoms with Crippen molar-refractivity contribution >= 4 is 0 Å². The van der Waals surface area contributed by atoms with Crippen LogP contribution in [0, 0.1) is 5.92 Å². The number of nitrogens with zero attached hydrogens (tertiary/aromatic N) is 1. The highest BCUT2D eigenvalue weighted by Crippen LogP contribution is 2.09. The van der Waals surface area contributed by atoms with Crippen LogP contribution in [-0.2, 0) is 11.3 Å². The Morgan fingerprint density at radius 2 is 2.11 bits per heavy atom. The summed E-state index contributed by atoms with van der Waals surface area (Å²) < 4.78 is 10.2. The minimum absolute atomic E-state index is 0.209. The van der Waals surface area contributed by atoms with Gasteiger partial charge < -0.3 is 19.9 Å². The van der Waals surface area contributed by atoms with Gasteiger partial charge in [0.1, 0.15) is 18.5 Å². The van der Waals surface area contributed by atoms with E-state index in [-0.39, 0.29) is 13.2 Å². The third kappa shape index (κ3) is 7.10. The molecular weight excluding hydrogens is 244 g/mol. The van der Waals surface area contributed by atoms with Crippen LogP contribution in [0.4, 0.5) is 0 Å². The minimum atomic E-state index is -0.614. The SMILES string of the molecule is COCC(O)COc1ccc(CNCC(C)C)nc1. The topological polar surface area (TPSA) is 63.6 Å². The maximum Gasteiger partial charge on any atom is 0.137 e. The first-order valence-electron chi connectivity index (χ1n) is 6.57. The number of nitrogens with one attached hydrogen (secondary N) is 1. The van der Waals surface area contributed by atoms with E-state index in [4.69, 9.17) is 9.47 Å². The zero-order valence-electron chi connectivity index (χ0n) is 11.9. The minimum Gasteiger partial charge on any atom is -0.489 e. The molecule has 0 fully saturated rings. The van der Waals surface area contributed by atoms with Gasteiger partial charge in [0.2, 0.25) is 0 Å². The molecule has 1 rings (SSSR count). The van der Waals surface area contributed by atoms with Crippen molar-refractivity contribution in [2.45, 2.75) is 26.5 Å². The molecule has 1 heterocycles. The molecule has 1 aromatic heterocycles. The molecule has 0 aliphatic rings. The number of methoxy groups -OCH3 is 1. The number of pyridine rings is 1. The van der Waals surface area contributed by atoms with Crippen molar-refractivity contribution < 1.29 is 14.6 Å². The molecule has 108 valence electrons. The Bertz CT molecular complexity index is 341. The van der Waals surface area contributed by atoms with Gasteiger partial charge in [-0.25, -0.2) is 0 Å². The Labute approximate surface area is 115 Å². The predicted octanol–water partition coefficient (Wildman–Crippen LogP) is 1.21. The van der Waals surface area contributed by atoms with Gasteiger partial charge in [-0.2, -0.15) is 0 Å². The van der Waals surface area contributed by atoms with E-state index >= 15 is 0 Å². The highest BCUT2D eigenvalue weighted by atomic mass is 16.5. The zero-order chi connectivity index (χ0) is 14.1. The lowest BCUT2D eigenvalue weighted by Crippen LogP contribution is -2.22. The molecule has 0 saturated carbocycles. The average Bonchev–Trinajstić information content (AvgIpc) is 2.38. The molecule has 5 nitrogen and oxygen atoms in total. The largest absolute Gasteiger partial charge is 0.489 e. The zero-order valence-corrected chi connectivity index (χ0v) is 11.9. The summed E-state index contributed by atoms with van der Waals surface area (Å²) in [4.78, 5) is 4.30. The van der Waals surface area contributed by atoms with E-state index in [1.807, 2.05) is 12.1 Å². The van der Waals surface area contributed by atoms with E-state index in [2.05, 4.69) is 24.1 Å². The highest BCUT2D eigenvalue weighted by molar-refractivity contribution is 5.19. The first-order valence-corrected chi connectivity index (χ1v) is 6.57. The molecule has 0 spiro atoms. The Hall–Kier alpha value is -1.17. The van der Waals surface area contributed by atoms with Crippen molar-refractivity contribution in [3.63, 3.8) is 0 Å². The third-order valence-corrected chi connectivity index (χ3v) is 2.46. The third-order valence-electron chi connectivity index (χ3n) is 2.46. The van der Waals surface area contributed by atoms with Crippen LogP contribution in [-0.4, -0.2) is 43.1 Å². The summed E-state index contributed by atoms with van der Waals surface area (Å²) in [7, 11) is 1.55. The summed E-state index contributed by atoms with van der Waals surface area (Å²) in [6, 6.07) is 3.78. The van der Waals surface area contributed by atoms with E-state index in [0.29, 0.717) is 11.7 Å². The summed E-state index contributed by atoms with van der Waals surface area (Å²) in [5.41, 5.74) is 0.977. The van der Waals surface area contributed by atoms with Gasteiger partial charge in [0.15, 0.2) is 0 Å². The van der Waals surface area contributed by atoms with E-state index in [1.165, 1.54) is 0 Å². The van der Waals surface area contributed by atoms with Gasteiger partial charge >= 0.3 is 0 Å². The lowest BCUT2D eigenvalue weighted by molar-refractivity contribution is 0.0324. The van der Waals surface area contributed by atoms with Crippen LogP contribution in [0.3, 0.4) is 0 Å². The number of hydrogen-bond acceptors (Lipinski definition) is 5. The number of ether oxygens (including phenoxy) is 2. The number of aliphatic hydroxyl groups is 1. The van der Waals surface area contributed by atoms with E-state index in [1.54, 1.807) is 13.3 Å². The Morgan fingerprint density at radius 3 is 2.68 bits per heavy atom. The van der Waals surface area contributed by atoms with Gasteiger partial charge in [-0.1, -0.05) is 13.8 Å². The number of aromatic nitrogens is 1. The molecule has 19 heavy (non-hydrogen) atoms. The van der Waals surface area contributed by atoms with Gasteiger partial charge in [-0.15, -0.1) is 0 Å². The molecule has 0 aromatic carbocycles. The first-order chi connectivity index (χ1) is 9.11. The number of rotatable bonds is 9. The molecule has 0 radical (unpaired) electrons. The first kappa shape index (κ1) is 15.9. The van der Waals surface area contributed by atoms with Gasteiger partial charge in [-0.05, 0) is 24.6 Å². The molecule has 1 atom stereocenters. The van der Waals surface area contributed by atoms with Crippen LogP contribution in [0.25, 0.3) is 0 Å². The maximum absolute atomic E-state index is 9.45. The molecule has 0 amide bonds. The fraction of sp³-hybridized carbons (Fsp3) is 0.643. The van der Waals surface area contributed by atoms with Crippen LogP contribution in [0.1, 0.15) is 19.5 Å². The van der Waals surface area contributed by atoms with Gasteiger partial charge in [0, 0.05) is 13.7 Å². The fourth-order valence-corrected chi connectivity index (χ4v) is 1.52. The van der Waals surface area contributed by atoms with Crippen LogP contribution in [0.2, 0.25) is 0 Å². The van der Waals surface area contributed by atoms with Crippen LogP contribution < -0.4 is 10.1 Å². The molecule has 1 unspecified atom stereocenters. The predicted molar refractivity (Wildman–Crippen MR) is 74.2 cm³/mol. The molecule has 1 aromatic rings. The summed E-state index contributed by atoms with van der Waals surface area (Å²) in [5, 5.41) is 12.8. The van der Waals surface area contributed by atoms with Gasteiger partial charge in [-0.3, -0.25) is 4.98 Å². The molecule has 0 bridgehead atoms. The molecule has 0 aliphatic carbocycles. The van der Waals surface area contributed by atoms with Crippen molar-refractivity contribution in [1.82, 2.24) is 10.3 Å². The van der Waals surface area contributed by atoms with Crippen LogP contribution >= 0.6 is 0 Å². The molecule has 0 saturated heterocycles. The fourth-order valence-electron chi connectivity index (χ4n) is 1.52. The molecular formula is C14H24N2O3. The maximum atomic E-state index is 9.45. The smallest absolute Gasteiger partial charge is 0.137 e. The van der Waals surface area contributed by atoms with Gasteiger partial charge in [0.25, 0.3) is 0 Å². The number of aliphatic hydroxyl groups excluding tert-OH is 1. The lowest BCUT2D eigenvalue weighted by Gasteiger charge is -2.11. The summed E-state index contributed by atoms with van der Waals surface area (Å²) >= 11 is 0. The van der Waals surface area contributed by atoms with Crippen LogP contribution in [0.15, 0.2) is 18.3 Å². The standard InChI is InChI=1S/C14H24N2O3/c1-11(2)6-15-7-12-4-5-14(8-16-12)19-10-13(17)9-18-3/h4-5,8,11,13,15,17H,6-7,9-10H2,1-3H3. The second-order valence-corrected chi connectivity index (χ2v) is 4.93. The molecule has 0 aliphatic heterocycles. The van der Waals surface area contributed by atoms with Crippen molar-refractivity contribution in [2.75, 3.05) is 26.9 Å². The summed E-state index contributed by atoms with van der Waals surface area (Å²) in [6.45, 7) is 6.55. The normalized spacial score (nSPS) is 12.7. The van der Waals surface area contributed by atoms with Gasteiger partial charge in [0.05, 0.1) is 18.5 Å². The van der Waals surface area contributed by atoms with Crippen molar-refractivity contribution in [3.8, 4) is 5.75 Å². The lowest BCUT2D eigenvalue weighted by atomic mass is 10.2. The Kier molecular flexibility index (Phi) is 7.40. The van der Waals surface area contributed by atoms with Crippen molar-refractivity contribution in [2.24, 2.45) is 5.92 Å². The average molecular weight is 268 g/mol. The summed E-state index contributed by atoms with van der Waals surface area (Å²) in [6.07, 6.45) is 1.06. The van der Waals surface area contributed by atoms with E-state index in [9.17, 15) is 5.11 Å². The Balaban J connectivity index is 2.30. The summed E-state index contributed by atoms with van der Waals surface area (Å²) in [5.74, 6) is 1.28. The Morgan fingerprint density at radius 1 is 1.32 bits per heavy atom. The second-order valence-electron chi connectivity index (χ2n) is 4.93. The van der Waals surface area contributed by atoms with E-state index in [0.717, 1.165) is 18.8 Å². The second kappa shape index (κ2) is 8.85. The number of hydrogen-bond donors (Lipinski definition) is 2. The van der Waals surface area contributed by atoms with E-state index < -0.39 is 6.10 Å². The van der Waals surface area contributed by atoms with Crippen molar-refractivity contribution in [1.29, 1.82) is 0 Å². The highest BCUT2D eigenvalue weighted by Gasteiger charge is 2.04.